The van der Waals surface area contributed by atoms with E-state index in [1.165, 1.54) is 0 Å². The van der Waals surface area contributed by atoms with E-state index >= 15 is 0 Å². The van der Waals surface area contributed by atoms with Gasteiger partial charge in [0.05, 0.1) is 5.75 Å². The predicted molar refractivity (Wildman–Crippen MR) is 66.6 cm³/mol. The number of hydrogen-bond acceptors (Lipinski definition) is 3. The molecule has 18 heavy (non-hydrogen) atoms. The van der Waals surface area contributed by atoms with Gasteiger partial charge in [-0.15, -0.1) is 0 Å². The van der Waals surface area contributed by atoms with Crippen LogP contribution >= 0.6 is 0 Å². The Morgan fingerprint density at radius 1 is 1.22 bits per heavy atom. The average molecular weight is 272 g/mol. The molecule has 0 radical (unpaired) electrons. The molecule has 4 saturated carbocycles. The maximum atomic E-state index is 12.4. The SMILES string of the molecule is CC1(C)C2CC3CC1CC(CS(=O)(=O)O)(C2)C3=O. The third kappa shape index (κ3) is 1.59. The topological polar surface area (TPSA) is 71.4 Å². The van der Waals surface area contributed by atoms with Crippen LogP contribution in [0.4, 0.5) is 0 Å². The predicted octanol–water partition coefficient (Wildman–Crippen LogP) is 1.91. The molecule has 0 heterocycles. The number of hydrogen-bond donors (Lipinski definition) is 1. The standard InChI is InChI=1S/C13H20O4S/c1-12(2)9-3-8-4-10(12)6-13(5-9,11(8)14)7-18(15,16)17/h8-10H,3-7H2,1-2H3,(H,15,16,17). The molecule has 0 aromatic carbocycles. The molecule has 0 amide bonds. The van der Waals surface area contributed by atoms with Crippen LogP contribution in [0.1, 0.15) is 39.5 Å². The molecule has 4 nitrogen and oxygen atoms in total. The van der Waals surface area contributed by atoms with Crippen molar-refractivity contribution in [2.24, 2.45) is 28.6 Å². The number of carbonyl (C=O) groups is 1. The molecule has 0 aliphatic heterocycles. The summed E-state index contributed by atoms with van der Waals surface area (Å²) in [6, 6.07) is 0. The van der Waals surface area contributed by atoms with E-state index in [1.807, 2.05) is 0 Å². The van der Waals surface area contributed by atoms with Gasteiger partial charge in [-0.25, -0.2) is 0 Å². The van der Waals surface area contributed by atoms with Crippen LogP contribution in [0, 0.1) is 28.6 Å². The fourth-order valence-corrected chi connectivity index (χ4v) is 5.91. The molecule has 102 valence electrons. The Morgan fingerprint density at radius 2 is 1.72 bits per heavy atom. The van der Waals surface area contributed by atoms with Crippen LogP contribution in [0.3, 0.4) is 0 Å². The van der Waals surface area contributed by atoms with Gasteiger partial charge in [0.25, 0.3) is 10.1 Å². The summed E-state index contributed by atoms with van der Waals surface area (Å²) in [5, 5.41) is 0. The third-order valence-corrected chi connectivity index (χ3v) is 6.79. The zero-order valence-electron chi connectivity index (χ0n) is 10.8. The second-order valence-electron chi connectivity index (χ2n) is 7.16. The van der Waals surface area contributed by atoms with E-state index < -0.39 is 15.5 Å². The lowest BCUT2D eigenvalue weighted by Gasteiger charge is -2.62. The molecule has 4 aliphatic carbocycles. The molecule has 4 aliphatic rings. The lowest BCUT2D eigenvalue weighted by Crippen LogP contribution is -2.61. The van der Waals surface area contributed by atoms with Crippen LogP contribution in [0.15, 0.2) is 0 Å². The van der Waals surface area contributed by atoms with E-state index in [0.717, 1.165) is 12.8 Å². The number of rotatable bonds is 2. The second kappa shape index (κ2) is 3.37. The van der Waals surface area contributed by atoms with Crippen molar-refractivity contribution in [2.45, 2.75) is 39.5 Å². The molecule has 0 aromatic rings. The zero-order chi connectivity index (χ0) is 13.3. The van der Waals surface area contributed by atoms with Crippen LogP contribution in [-0.2, 0) is 14.9 Å². The molecule has 2 atom stereocenters. The molecular formula is C13H20O4S. The Labute approximate surface area is 108 Å². The van der Waals surface area contributed by atoms with Crippen molar-refractivity contribution in [3.8, 4) is 0 Å². The lowest BCUT2D eigenvalue weighted by atomic mass is 9.42. The molecule has 2 unspecified atom stereocenters. The molecule has 0 saturated heterocycles. The molecule has 0 aromatic heterocycles. The summed E-state index contributed by atoms with van der Waals surface area (Å²) in [4.78, 5) is 12.4. The molecule has 4 fully saturated rings. The Kier molecular flexibility index (Phi) is 2.36. The average Bonchev–Trinajstić information content (AvgIpc) is 2.15. The highest BCUT2D eigenvalue weighted by molar-refractivity contribution is 7.85. The van der Waals surface area contributed by atoms with Crippen LogP contribution in [-0.4, -0.2) is 24.5 Å². The van der Waals surface area contributed by atoms with Gasteiger partial charge in [-0.2, -0.15) is 8.42 Å². The van der Waals surface area contributed by atoms with Gasteiger partial charge >= 0.3 is 0 Å². The van der Waals surface area contributed by atoms with Crippen molar-refractivity contribution in [2.75, 3.05) is 5.75 Å². The van der Waals surface area contributed by atoms with Crippen molar-refractivity contribution in [1.29, 1.82) is 0 Å². The molecule has 4 bridgehead atoms. The van der Waals surface area contributed by atoms with Crippen LogP contribution < -0.4 is 0 Å². The number of Topliss-reactive ketones (excluding diaryl/α,β-unsaturated/α-hetero) is 1. The highest BCUT2D eigenvalue weighted by Crippen LogP contribution is 2.65. The van der Waals surface area contributed by atoms with E-state index in [2.05, 4.69) is 13.8 Å². The van der Waals surface area contributed by atoms with Crippen LogP contribution in [0.25, 0.3) is 0 Å². The summed E-state index contributed by atoms with van der Waals surface area (Å²) in [5.74, 6) is 0.627. The van der Waals surface area contributed by atoms with E-state index in [9.17, 15) is 13.2 Å². The van der Waals surface area contributed by atoms with Crippen LogP contribution in [0.5, 0.6) is 0 Å². The van der Waals surface area contributed by atoms with E-state index in [-0.39, 0.29) is 22.9 Å². The zero-order valence-corrected chi connectivity index (χ0v) is 11.7. The molecule has 1 N–H and O–H groups in total. The molecule has 4 rings (SSSR count). The Balaban J connectivity index is 2.01. The summed E-state index contributed by atoms with van der Waals surface area (Å²) >= 11 is 0. The van der Waals surface area contributed by atoms with Crippen LogP contribution in [0.2, 0.25) is 0 Å². The molecular weight excluding hydrogens is 252 g/mol. The normalized spacial score (nSPS) is 45.5. The molecule has 5 heteroatoms. The van der Waals surface area contributed by atoms with Crippen molar-refractivity contribution in [3.63, 3.8) is 0 Å². The summed E-state index contributed by atoms with van der Waals surface area (Å²) < 4.78 is 31.6. The highest BCUT2D eigenvalue weighted by atomic mass is 32.2. The fourth-order valence-electron chi connectivity index (χ4n) is 4.83. The summed E-state index contributed by atoms with van der Waals surface area (Å²) in [5.41, 5.74) is -0.570. The maximum absolute atomic E-state index is 12.4. The summed E-state index contributed by atoms with van der Waals surface area (Å²) in [6.07, 6.45) is 3.11. The monoisotopic (exact) mass is 272 g/mol. The van der Waals surface area contributed by atoms with Gasteiger partial charge in [-0.05, 0) is 42.9 Å². The Hall–Kier alpha value is -0.420. The Bertz CT molecular complexity index is 487. The quantitative estimate of drug-likeness (QED) is 0.779. The van der Waals surface area contributed by atoms with E-state index in [4.69, 9.17) is 4.55 Å². The first-order valence-electron chi connectivity index (χ1n) is 6.63. The number of ketones is 1. The van der Waals surface area contributed by atoms with Crippen molar-refractivity contribution >= 4 is 15.9 Å². The van der Waals surface area contributed by atoms with Gasteiger partial charge in [0.15, 0.2) is 0 Å². The van der Waals surface area contributed by atoms with Crippen molar-refractivity contribution < 1.29 is 17.8 Å². The summed E-state index contributed by atoms with van der Waals surface area (Å²) in [7, 11) is -4.08. The van der Waals surface area contributed by atoms with Gasteiger partial charge in [0, 0.05) is 11.3 Å². The first-order valence-corrected chi connectivity index (χ1v) is 8.24. The van der Waals surface area contributed by atoms with Crippen molar-refractivity contribution in [3.05, 3.63) is 0 Å². The highest BCUT2D eigenvalue weighted by Gasteiger charge is 2.63. The maximum Gasteiger partial charge on any atom is 0.265 e. The number of carbonyl (C=O) groups excluding carboxylic acids is 1. The second-order valence-corrected chi connectivity index (χ2v) is 8.62. The lowest BCUT2D eigenvalue weighted by molar-refractivity contribution is -0.166. The Morgan fingerprint density at radius 3 is 2.17 bits per heavy atom. The van der Waals surface area contributed by atoms with Gasteiger partial charge < -0.3 is 0 Å². The smallest absolute Gasteiger partial charge is 0.265 e. The first-order chi connectivity index (χ1) is 8.14. The largest absolute Gasteiger partial charge is 0.299 e. The fraction of sp³-hybridized carbons (Fsp3) is 0.923. The molecule has 0 spiro atoms. The summed E-state index contributed by atoms with van der Waals surface area (Å²) in [6.45, 7) is 4.48. The first kappa shape index (κ1) is 12.6. The van der Waals surface area contributed by atoms with Crippen molar-refractivity contribution in [1.82, 2.24) is 0 Å². The van der Waals surface area contributed by atoms with E-state index in [1.54, 1.807) is 0 Å². The third-order valence-electron chi connectivity index (χ3n) is 5.87. The van der Waals surface area contributed by atoms with E-state index in [0.29, 0.717) is 24.7 Å². The minimum Gasteiger partial charge on any atom is -0.299 e. The van der Waals surface area contributed by atoms with Gasteiger partial charge in [0.1, 0.15) is 5.78 Å². The van der Waals surface area contributed by atoms with Gasteiger partial charge in [-0.1, -0.05) is 13.8 Å². The minimum absolute atomic E-state index is 0.0391. The van der Waals surface area contributed by atoms with Gasteiger partial charge in [0.2, 0.25) is 0 Å². The van der Waals surface area contributed by atoms with Gasteiger partial charge in [-0.3, -0.25) is 9.35 Å². The minimum atomic E-state index is -4.08.